The Morgan fingerprint density at radius 2 is 1.03 bits per heavy atom. The first-order valence-electron chi connectivity index (χ1n) is 20.2. The van der Waals surface area contributed by atoms with Gasteiger partial charge in [0.1, 0.15) is 5.58 Å². The van der Waals surface area contributed by atoms with Gasteiger partial charge < -0.3 is 13.9 Å². The smallest absolute Gasteiger partial charge is 0.159 e. The number of benzene rings is 10. The van der Waals surface area contributed by atoms with E-state index >= 15 is 0 Å². The van der Waals surface area contributed by atoms with E-state index in [2.05, 4.69) is 222 Å². The number of hydrogen-bond donors (Lipinski definition) is 0. The second kappa shape index (κ2) is 13.4. The molecule has 12 aromatic rings. The summed E-state index contributed by atoms with van der Waals surface area (Å²) in [6.07, 6.45) is 0. The summed E-state index contributed by atoms with van der Waals surface area (Å²) >= 11 is 0. The van der Waals surface area contributed by atoms with E-state index in [4.69, 9.17) is 4.42 Å². The van der Waals surface area contributed by atoms with Crippen LogP contribution >= 0.6 is 0 Å². The Hall–Kier alpha value is -7.88. The van der Waals surface area contributed by atoms with Crippen LogP contribution in [0, 0.1) is 0 Å². The maximum Gasteiger partial charge on any atom is 0.159 e. The lowest BCUT2D eigenvalue weighted by Gasteiger charge is -2.26. The minimum absolute atomic E-state index is 0.856. The Balaban J connectivity index is 1.10. The molecule has 3 heteroatoms. The van der Waals surface area contributed by atoms with Crippen LogP contribution in [-0.2, 0) is 0 Å². The Kier molecular flexibility index (Phi) is 7.54. The van der Waals surface area contributed by atoms with Crippen LogP contribution in [0.2, 0.25) is 0 Å². The topological polar surface area (TPSA) is 21.3 Å². The Labute approximate surface area is 341 Å². The zero-order valence-electron chi connectivity index (χ0n) is 32.1. The van der Waals surface area contributed by atoms with Crippen LogP contribution < -0.4 is 4.90 Å². The van der Waals surface area contributed by atoms with Gasteiger partial charge in [0, 0.05) is 38.6 Å². The number of aromatic nitrogens is 1. The predicted molar refractivity (Wildman–Crippen MR) is 249 cm³/mol. The summed E-state index contributed by atoms with van der Waals surface area (Å²) in [7, 11) is 0. The molecular weight excluding hydrogens is 717 g/mol. The molecule has 0 aliphatic rings. The van der Waals surface area contributed by atoms with Crippen LogP contribution in [0.15, 0.2) is 223 Å². The van der Waals surface area contributed by atoms with E-state index in [1.807, 2.05) is 6.07 Å². The van der Waals surface area contributed by atoms with E-state index in [1.165, 1.54) is 60.1 Å². The molecule has 0 amide bonds. The first kappa shape index (κ1) is 33.3. The van der Waals surface area contributed by atoms with Crippen LogP contribution in [0.5, 0.6) is 0 Å². The molecule has 0 bridgehead atoms. The van der Waals surface area contributed by atoms with Crippen molar-refractivity contribution in [2.24, 2.45) is 0 Å². The molecule has 276 valence electrons. The Morgan fingerprint density at radius 1 is 0.373 bits per heavy atom. The molecule has 0 aliphatic heterocycles. The van der Waals surface area contributed by atoms with Gasteiger partial charge in [0.05, 0.1) is 16.7 Å². The van der Waals surface area contributed by atoms with Crippen molar-refractivity contribution in [2.75, 3.05) is 4.90 Å². The van der Waals surface area contributed by atoms with E-state index in [0.717, 1.165) is 50.2 Å². The minimum atomic E-state index is 0.856. The highest BCUT2D eigenvalue weighted by atomic mass is 16.3. The van der Waals surface area contributed by atoms with Gasteiger partial charge in [0.25, 0.3) is 0 Å². The molecule has 2 heterocycles. The maximum absolute atomic E-state index is 6.69. The summed E-state index contributed by atoms with van der Waals surface area (Å²) in [5.41, 5.74) is 13.0. The molecule has 2 aromatic heterocycles. The second-order valence-corrected chi connectivity index (χ2v) is 15.3. The zero-order chi connectivity index (χ0) is 38.9. The van der Waals surface area contributed by atoms with Crippen molar-refractivity contribution >= 4 is 82.4 Å². The lowest BCUT2D eigenvalue weighted by molar-refractivity contribution is 0.669. The highest BCUT2D eigenvalue weighted by Crippen LogP contribution is 2.45. The molecule has 0 saturated carbocycles. The highest BCUT2D eigenvalue weighted by Gasteiger charge is 2.22. The predicted octanol–water partition coefficient (Wildman–Crippen LogP) is 15.8. The molecule has 0 saturated heterocycles. The minimum Gasteiger partial charge on any atom is -0.454 e. The number of furan rings is 1. The largest absolute Gasteiger partial charge is 0.454 e. The van der Waals surface area contributed by atoms with Gasteiger partial charge in [-0.25, -0.2) is 0 Å². The fraction of sp³-hybridized carbons (Fsp3) is 0. The summed E-state index contributed by atoms with van der Waals surface area (Å²) in [4.78, 5) is 2.34. The molecule has 0 spiro atoms. The normalized spacial score (nSPS) is 11.7. The SMILES string of the molecule is c1ccc(-c2ccc(N(c3cccc(-n4c5cccc(-c6ccc7ccccc7c6)c5c5c6ccccc6ccc54)c3)c3cccc4c3oc3ccccc34)cc2)cc1. The summed E-state index contributed by atoms with van der Waals surface area (Å²) in [6, 6.07) is 78.7. The number of fused-ring (bicyclic) bond motifs is 9. The van der Waals surface area contributed by atoms with Crippen molar-refractivity contribution in [3.63, 3.8) is 0 Å². The quantitative estimate of drug-likeness (QED) is 0.169. The Bertz CT molecular complexity index is 3560. The van der Waals surface area contributed by atoms with E-state index in [9.17, 15) is 0 Å². The average molecular weight is 753 g/mol. The van der Waals surface area contributed by atoms with Crippen LogP contribution in [0.3, 0.4) is 0 Å². The lowest BCUT2D eigenvalue weighted by Crippen LogP contribution is -2.11. The first-order valence-corrected chi connectivity index (χ1v) is 20.2. The van der Waals surface area contributed by atoms with Crippen molar-refractivity contribution in [1.29, 1.82) is 0 Å². The molecule has 0 aliphatic carbocycles. The lowest BCUT2D eigenvalue weighted by atomic mass is 9.95. The van der Waals surface area contributed by atoms with Gasteiger partial charge in [0.15, 0.2) is 5.58 Å². The number of rotatable bonds is 6. The van der Waals surface area contributed by atoms with Crippen molar-refractivity contribution in [1.82, 2.24) is 4.57 Å². The highest BCUT2D eigenvalue weighted by molar-refractivity contribution is 6.25. The number of hydrogen-bond acceptors (Lipinski definition) is 2. The summed E-state index contributed by atoms with van der Waals surface area (Å²) in [5, 5.41) is 9.66. The van der Waals surface area contributed by atoms with Gasteiger partial charge in [-0.3, -0.25) is 0 Å². The molecule has 0 atom stereocenters. The first-order chi connectivity index (χ1) is 29.3. The van der Waals surface area contributed by atoms with Crippen LogP contribution in [0.25, 0.3) is 93.2 Å². The van der Waals surface area contributed by atoms with E-state index in [1.54, 1.807) is 0 Å². The molecule has 12 rings (SSSR count). The molecular formula is C56H36N2O. The summed E-state index contributed by atoms with van der Waals surface area (Å²) in [5.74, 6) is 0. The number of para-hydroxylation sites is 2. The third-order valence-corrected chi connectivity index (χ3v) is 11.9. The fourth-order valence-electron chi connectivity index (χ4n) is 9.24. The zero-order valence-corrected chi connectivity index (χ0v) is 32.1. The van der Waals surface area contributed by atoms with Crippen LogP contribution in [0.1, 0.15) is 0 Å². The second-order valence-electron chi connectivity index (χ2n) is 15.3. The summed E-state index contributed by atoms with van der Waals surface area (Å²) in [6.45, 7) is 0. The molecule has 3 nitrogen and oxygen atoms in total. The molecule has 0 fully saturated rings. The molecule has 0 N–H and O–H groups in total. The average Bonchev–Trinajstić information content (AvgIpc) is 3.86. The van der Waals surface area contributed by atoms with Gasteiger partial charge in [0.2, 0.25) is 0 Å². The molecule has 0 unspecified atom stereocenters. The third-order valence-electron chi connectivity index (χ3n) is 11.9. The third kappa shape index (κ3) is 5.36. The molecule has 0 radical (unpaired) electrons. The van der Waals surface area contributed by atoms with Crippen molar-refractivity contribution in [3.8, 4) is 27.9 Å². The number of nitrogens with zero attached hydrogens (tertiary/aromatic N) is 2. The maximum atomic E-state index is 6.69. The van der Waals surface area contributed by atoms with Gasteiger partial charge >= 0.3 is 0 Å². The van der Waals surface area contributed by atoms with Crippen LogP contribution in [0.4, 0.5) is 17.1 Å². The van der Waals surface area contributed by atoms with Gasteiger partial charge in [-0.05, 0) is 104 Å². The van der Waals surface area contributed by atoms with Gasteiger partial charge in [-0.1, -0.05) is 158 Å². The molecule has 10 aromatic carbocycles. The van der Waals surface area contributed by atoms with Crippen molar-refractivity contribution in [3.05, 3.63) is 218 Å². The number of anilines is 3. The van der Waals surface area contributed by atoms with Crippen LogP contribution in [-0.4, -0.2) is 4.57 Å². The molecule has 59 heavy (non-hydrogen) atoms. The van der Waals surface area contributed by atoms with Crippen molar-refractivity contribution in [2.45, 2.75) is 0 Å². The standard InChI is InChI=1S/C56H36N2O/c1-2-13-37(14-3-1)39-29-32-43(33-30-39)57(52-25-12-23-49-48-21-8-9-26-53(48)59-56(49)52)44-18-10-19-45(36-44)58-50-24-11-22-47(42-28-27-38-15-4-5-17-41(38)35-42)55(50)54-46-20-7-6-16-40(46)31-34-51(54)58/h1-36H. The fourth-order valence-corrected chi connectivity index (χ4v) is 9.24. The van der Waals surface area contributed by atoms with Gasteiger partial charge in [-0.15, -0.1) is 0 Å². The van der Waals surface area contributed by atoms with Crippen molar-refractivity contribution < 1.29 is 4.42 Å². The van der Waals surface area contributed by atoms with Gasteiger partial charge in [-0.2, -0.15) is 0 Å². The van der Waals surface area contributed by atoms with E-state index < -0.39 is 0 Å². The monoisotopic (exact) mass is 752 g/mol. The van der Waals surface area contributed by atoms with E-state index in [0.29, 0.717) is 0 Å². The van der Waals surface area contributed by atoms with E-state index in [-0.39, 0.29) is 0 Å². The summed E-state index contributed by atoms with van der Waals surface area (Å²) < 4.78 is 9.14. The Morgan fingerprint density at radius 3 is 1.92 bits per heavy atom.